The fourth-order valence-electron chi connectivity index (χ4n) is 3.71. The molecule has 7 nitrogen and oxygen atoms in total. The molecule has 0 aliphatic carbocycles. The van der Waals surface area contributed by atoms with Crippen LogP contribution in [0.1, 0.15) is 43.5 Å². The van der Waals surface area contributed by atoms with Crippen molar-refractivity contribution in [1.82, 2.24) is 15.1 Å². The molecule has 1 aromatic rings. The predicted molar refractivity (Wildman–Crippen MR) is 114 cm³/mol. The van der Waals surface area contributed by atoms with Gasteiger partial charge in [-0.1, -0.05) is 0 Å². The molecule has 2 saturated heterocycles. The van der Waals surface area contributed by atoms with Crippen molar-refractivity contribution in [3.05, 3.63) is 23.8 Å². The van der Waals surface area contributed by atoms with Crippen LogP contribution in [0.15, 0.2) is 18.2 Å². The topological polar surface area (TPSA) is 71.1 Å². The van der Waals surface area contributed by atoms with Gasteiger partial charge in [0.15, 0.2) is 18.1 Å². The molecule has 0 radical (unpaired) electrons. The number of nitrogens with zero attached hydrogens (tertiary/aromatic N) is 2. The first-order chi connectivity index (χ1) is 13.6. The van der Waals surface area contributed by atoms with Gasteiger partial charge in [-0.2, -0.15) is 0 Å². The minimum atomic E-state index is -0.0117. The molecule has 0 unspecified atom stereocenters. The van der Waals surface area contributed by atoms with Gasteiger partial charge < -0.3 is 24.6 Å². The number of carbonyl (C=O) groups is 2. The van der Waals surface area contributed by atoms with Crippen molar-refractivity contribution in [3.63, 3.8) is 0 Å². The van der Waals surface area contributed by atoms with Gasteiger partial charge in [0, 0.05) is 44.3 Å². The van der Waals surface area contributed by atoms with Gasteiger partial charge in [-0.15, -0.1) is 12.4 Å². The van der Waals surface area contributed by atoms with Crippen LogP contribution in [0.25, 0.3) is 0 Å². The highest BCUT2D eigenvalue weighted by molar-refractivity contribution is 5.95. The van der Waals surface area contributed by atoms with Gasteiger partial charge in [0.25, 0.3) is 11.8 Å². The third-order valence-electron chi connectivity index (χ3n) is 5.31. The molecular weight excluding hydrogens is 394 g/mol. The Morgan fingerprint density at radius 2 is 1.86 bits per heavy atom. The second kappa shape index (κ2) is 11.3. The van der Waals surface area contributed by atoms with Crippen molar-refractivity contribution >= 4 is 24.2 Å². The quantitative estimate of drug-likeness (QED) is 0.757. The van der Waals surface area contributed by atoms with Gasteiger partial charge in [0.05, 0.1) is 6.61 Å². The summed E-state index contributed by atoms with van der Waals surface area (Å²) in [5.41, 5.74) is 0.576. The van der Waals surface area contributed by atoms with Crippen molar-refractivity contribution in [1.29, 1.82) is 0 Å². The van der Waals surface area contributed by atoms with Gasteiger partial charge in [-0.05, 0) is 51.3 Å². The Balaban J connectivity index is 0.00000300. The number of ether oxygens (including phenoxy) is 2. The number of likely N-dealkylation sites (tertiary alicyclic amines) is 1. The normalized spacial score (nSPS) is 19.3. The average Bonchev–Trinajstić information content (AvgIpc) is 2.73. The van der Waals surface area contributed by atoms with Crippen LogP contribution in [0.4, 0.5) is 0 Å². The maximum Gasteiger partial charge on any atom is 0.260 e. The zero-order valence-corrected chi connectivity index (χ0v) is 18.1. The van der Waals surface area contributed by atoms with Gasteiger partial charge in [-0.25, -0.2) is 0 Å². The fourth-order valence-corrected chi connectivity index (χ4v) is 3.71. The van der Waals surface area contributed by atoms with Gasteiger partial charge in [0.1, 0.15) is 0 Å². The highest BCUT2D eigenvalue weighted by atomic mass is 35.5. The highest BCUT2D eigenvalue weighted by Gasteiger charge is 2.25. The molecule has 1 N–H and O–H groups in total. The molecule has 0 spiro atoms. The number of benzene rings is 1. The average molecular weight is 426 g/mol. The predicted octanol–water partition coefficient (Wildman–Crippen LogP) is 2.33. The molecule has 1 aromatic carbocycles. The van der Waals surface area contributed by atoms with Crippen molar-refractivity contribution in [2.75, 3.05) is 45.9 Å². The van der Waals surface area contributed by atoms with Gasteiger partial charge >= 0.3 is 0 Å². The van der Waals surface area contributed by atoms with E-state index in [-0.39, 0.29) is 36.9 Å². The molecule has 8 heteroatoms. The van der Waals surface area contributed by atoms with E-state index in [2.05, 4.69) is 5.32 Å². The fraction of sp³-hybridized carbons (Fsp3) is 0.619. The summed E-state index contributed by atoms with van der Waals surface area (Å²) < 4.78 is 11.4. The molecule has 3 rings (SSSR count). The first-order valence-corrected chi connectivity index (χ1v) is 10.3. The minimum Gasteiger partial charge on any atom is -0.490 e. The second-order valence-electron chi connectivity index (χ2n) is 7.38. The maximum absolute atomic E-state index is 12.9. The molecule has 1 atom stereocenters. The van der Waals surface area contributed by atoms with Crippen LogP contribution < -0.4 is 14.8 Å². The molecule has 29 heavy (non-hydrogen) atoms. The molecule has 0 aromatic heterocycles. The maximum atomic E-state index is 12.9. The van der Waals surface area contributed by atoms with E-state index in [1.54, 1.807) is 18.2 Å². The number of nitrogens with one attached hydrogen (secondary N) is 1. The van der Waals surface area contributed by atoms with E-state index in [0.717, 1.165) is 39.0 Å². The Morgan fingerprint density at radius 3 is 2.55 bits per heavy atom. The van der Waals surface area contributed by atoms with Gasteiger partial charge in [-0.3, -0.25) is 9.59 Å². The van der Waals surface area contributed by atoms with E-state index in [1.807, 2.05) is 23.6 Å². The molecule has 0 bridgehead atoms. The van der Waals surface area contributed by atoms with Crippen LogP contribution in [0, 0.1) is 0 Å². The summed E-state index contributed by atoms with van der Waals surface area (Å²) in [4.78, 5) is 29.0. The number of rotatable bonds is 6. The zero-order valence-electron chi connectivity index (χ0n) is 17.3. The summed E-state index contributed by atoms with van der Waals surface area (Å²) in [5.74, 6) is 0.988. The number of piperidine rings is 1. The Kier molecular flexibility index (Phi) is 9.04. The molecule has 162 valence electrons. The number of amides is 2. The molecule has 2 amide bonds. The van der Waals surface area contributed by atoms with E-state index in [1.165, 1.54) is 6.42 Å². The van der Waals surface area contributed by atoms with Crippen molar-refractivity contribution in [3.8, 4) is 11.5 Å². The summed E-state index contributed by atoms with van der Waals surface area (Å²) in [6.07, 6.45) is 3.29. The smallest absolute Gasteiger partial charge is 0.260 e. The number of hydrogen-bond donors (Lipinski definition) is 1. The number of carbonyl (C=O) groups excluding carboxylic acids is 2. The number of hydrogen-bond acceptors (Lipinski definition) is 5. The number of halogens is 1. The highest BCUT2D eigenvalue weighted by Crippen LogP contribution is 2.29. The molecule has 0 saturated carbocycles. The standard InChI is InChI=1S/C21H31N3O4.ClH/c1-3-27-19-13-17(21(26)24-12-9-22-14-16(24)2)7-8-18(19)28-15-20(25)23-10-5-4-6-11-23;/h7-8,13,16,22H,3-6,9-12,14-15H2,1-2H3;1H/t16-;/m1./s1. The third kappa shape index (κ3) is 6.00. The van der Waals surface area contributed by atoms with Gasteiger partial charge in [0.2, 0.25) is 0 Å². The SMILES string of the molecule is CCOc1cc(C(=O)N2CCNC[C@H]2C)ccc1OCC(=O)N1CCCCC1.Cl. The van der Waals surface area contributed by atoms with E-state index in [0.29, 0.717) is 30.2 Å². The lowest BCUT2D eigenvalue weighted by molar-refractivity contribution is -0.134. The third-order valence-corrected chi connectivity index (χ3v) is 5.31. The Labute approximate surface area is 179 Å². The summed E-state index contributed by atoms with van der Waals surface area (Å²) >= 11 is 0. The van der Waals surface area contributed by atoms with Crippen LogP contribution in [-0.2, 0) is 4.79 Å². The van der Waals surface area contributed by atoms with Crippen LogP contribution in [0.2, 0.25) is 0 Å². The first kappa shape index (κ1) is 23.3. The molecule has 2 heterocycles. The van der Waals surface area contributed by atoms with Crippen LogP contribution in [0.5, 0.6) is 11.5 Å². The van der Waals surface area contributed by atoms with E-state index >= 15 is 0 Å². The summed E-state index contributed by atoms with van der Waals surface area (Å²) in [7, 11) is 0. The Morgan fingerprint density at radius 1 is 1.10 bits per heavy atom. The largest absolute Gasteiger partial charge is 0.490 e. The monoisotopic (exact) mass is 425 g/mol. The lowest BCUT2D eigenvalue weighted by Gasteiger charge is -2.34. The molecule has 2 aliphatic rings. The van der Waals surface area contributed by atoms with Crippen LogP contribution >= 0.6 is 12.4 Å². The Hall–Kier alpha value is -1.99. The van der Waals surface area contributed by atoms with Crippen molar-refractivity contribution in [2.45, 2.75) is 39.2 Å². The van der Waals surface area contributed by atoms with Crippen molar-refractivity contribution in [2.24, 2.45) is 0 Å². The minimum absolute atomic E-state index is 0. The Bertz CT molecular complexity index is 695. The second-order valence-corrected chi connectivity index (χ2v) is 7.38. The summed E-state index contributed by atoms with van der Waals surface area (Å²) in [6.45, 7) is 8.26. The number of piperazine rings is 1. The van der Waals surface area contributed by atoms with Crippen LogP contribution in [0.3, 0.4) is 0 Å². The van der Waals surface area contributed by atoms with E-state index < -0.39 is 0 Å². The molecule has 2 aliphatic heterocycles. The van der Waals surface area contributed by atoms with E-state index in [9.17, 15) is 9.59 Å². The lowest BCUT2D eigenvalue weighted by Crippen LogP contribution is -2.52. The van der Waals surface area contributed by atoms with E-state index in [4.69, 9.17) is 9.47 Å². The lowest BCUT2D eigenvalue weighted by atomic mass is 10.1. The zero-order chi connectivity index (χ0) is 19.9. The first-order valence-electron chi connectivity index (χ1n) is 10.3. The molecular formula is C21H32ClN3O4. The summed E-state index contributed by atoms with van der Waals surface area (Å²) in [5, 5.41) is 3.29. The summed E-state index contributed by atoms with van der Waals surface area (Å²) in [6, 6.07) is 5.35. The van der Waals surface area contributed by atoms with Crippen molar-refractivity contribution < 1.29 is 19.1 Å². The molecule has 2 fully saturated rings. The van der Waals surface area contributed by atoms with Crippen LogP contribution in [-0.4, -0.2) is 73.6 Å².